The number of hydrogen-bond acceptors (Lipinski definition) is 7. The van der Waals surface area contributed by atoms with E-state index in [1.54, 1.807) is 17.9 Å². The average molecular weight is 403 g/mol. The smallest absolute Gasteiger partial charge is 0.280 e. The van der Waals surface area contributed by atoms with Crippen molar-refractivity contribution in [2.45, 2.75) is 19.4 Å². The number of benzene rings is 1. The predicted octanol–water partition coefficient (Wildman–Crippen LogP) is 1.72. The fraction of sp³-hybridized carbons (Fsp3) is 0.381. The summed E-state index contributed by atoms with van der Waals surface area (Å²) < 4.78 is 8.61. The first-order valence-corrected chi connectivity index (χ1v) is 10.1. The molecule has 9 heteroatoms. The number of aromatic nitrogens is 6. The Kier molecular flexibility index (Phi) is 3.62. The van der Waals surface area contributed by atoms with Gasteiger partial charge in [0.05, 0.1) is 6.33 Å². The minimum absolute atomic E-state index is 0.170. The fourth-order valence-corrected chi connectivity index (χ4v) is 4.67. The fourth-order valence-electron chi connectivity index (χ4n) is 4.67. The molecule has 0 N–H and O–H groups in total. The van der Waals surface area contributed by atoms with E-state index in [1.165, 1.54) is 22.1 Å². The molecular formula is C21H21N7O2. The molecule has 9 nitrogen and oxygen atoms in total. The summed E-state index contributed by atoms with van der Waals surface area (Å²) in [6.45, 7) is 4.34. The van der Waals surface area contributed by atoms with E-state index < -0.39 is 0 Å². The van der Waals surface area contributed by atoms with Crippen molar-refractivity contribution in [1.29, 1.82) is 0 Å². The summed E-state index contributed by atoms with van der Waals surface area (Å²) in [5, 5.41) is 4.21. The molecular weight excluding hydrogens is 382 g/mol. The number of piperidine rings is 1. The normalized spacial score (nSPS) is 22.6. The van der Waals surface area contributed by atoms with Crippen LogP contribution in [0.5, 0.6) is 0 Å². The molecule has 0 amide bonds. The van der Waals surface area contributed by atoms with E-state index in [9.17, 15) is 4.79 Å². The Labute approximate surface area is 172 Å². The van der Waals surface area contributed by atoms with Crippen molar-refractivity contribution in [1.82, 2.24) is 29.2 Å². The molecule has 0 spiro atoms. The molecule has 3 aromatic heterocycles. The summed E-state index contributed by atoms with van der Waals surface area (Å²) in [5.41, 5.74) is 3.28. The Morgan fingerprint density at radius 1 is 1.10 bits per heavy atom. The SMILES string of the molecule is Cc1ccc(N2C[C@@H]3C(c4noc(Cn5cnc6ncn(C)c6c5=O)n4)[C@@H]3C2)cc1. The largest absolute Gasteiger partial charge is 0.371 e. The minimum atomic E-state index is -0.170. The molecule has 4 aromatic rings. The molecule has 1 aromatic carbocycles. The van der Waals surface area contributed by atoms with Gasteiger partial charge in [-0.15, -0.1) is 0 Å². The number of anilines is 1. The molecule has 2 fully saturated rings. The van der Waals surface area contributed by atoms with Gasteiger partial charge in [-0.25, -0.2) is 9.97 Å². The molecule has 3 atom stereocenters. The number of nitrogens with zero attached hydrogens (tertiary/aromatic N) is 7. The lowest BCUT2D eigenvalue weighted by Gasteiger charge is -2.21. The monoisotopic (exact) mass is 403 g/mol. The molecule has 4 heterocycles. The quantitative estimate of drug-likeness (QED) is 0.512. The van der Waals surface area contributed by atoms with Gasteiger partial charge >= 0.3 is 0 Å². The van der Waals surface area contributed by atoms with E-state index in [0.717, 1.165) is 18.9 Å². The van der Waals surface area contributed by atoms with Crippen molar-refractivity contribution >= 4 is 16.9 Å². The Hall–Kier alpha value is -3.49. The number of imidazole rings is 1. The number of rotatable bonds is 4. The molecule has 1 aliphatic heterocycles. The van der Waals surface area contributed by atoms with Crippen molar-refractivity contribution < 1.29 is 4.52 Å². The Bertz CT molecular complexity index is 1290. The number of aryl methyl sites for hydroxylation is 2. The van der Waals surface area contributed by atoms with Crippen molar-refractivity contribution in [2.24, 2.45) is 18.9 Å². The van der Waals surface area contributed by atoms with E-state index in [-0.39, 0.29) is 12.1 Å². The maximum Gasteiger partial charge on any atom is 0.280 e. The van der Waals surface area contributed by atoms with Gasteiger partial charge in [0, 0.05) is 31.7 Å². The van der Waals surface area contributed by atoms with Crippen LogP contribution >= 0.6 is 0 Å². The van der Waals surface area contributed by atoms with Gasteiger partial charge in [0.2, 0.25) is 5.89 Å². The van der Waals surface area contributed by atoms with Crippen LogP contribution in [0.25, 0.3) is 11.2 Å². The van der Waals surface area contributed by atoms with Crippen molar-refractivity contribution in [3.8, 4) is 0 Å². The summed E-state index contributed by atoms with van der Waals surface area (Å²) in [5.74, 6) is 2.65. The predicted molar refractivity (Wildman–Crippen MR) is 109 cm³/mol. The lowest BCUT2D eigenvalue weighted by atomic mass is 10.2. The van der Waals surface area contributed by atoms with Gasteiger partial charge in [-0.2, -0.15) is 4.98 Å². The molecule has 1 saturated heterocycles. The number of hydrogen-bond donors (Lipinski definition) is 0. The molecule has 1 unspecified atom stereocenters. The lowest BCUT2D eigenvalue weighted by Crippen LogP contribution is -2.23. The topological polar surface area (TPSA) is 94.9 Å². The van der Waals surface area contributed by atoms with E-state index in [4.69, 9.17) is 4.52 Å². The summed E-state index contributed by atoms with van der Waals surface area (Å²) in [4.78, 5) is 28.1. The summed E-state index contributed by atoms with van der Waals surface area (Å²) in [7, 11) is 1.78. The van der Waals surface area contributed by atoms with Crippen LogP contribution in [0, 0.1) is 18.8 Å². The van der Waals surface area contributed by atoms with E-state index in [0.29, 0.717) is 34.8 Å². The van der Waals surface area contributed by atoms with Crippen LogP contribution in [0.4, 0.5) is 5.69 Å². The second kappa shape index (κ2) is 6.25. The maximum atomic E-state index is 12.7. The van der Waals surface area contributed by atoms with E-state index in [1.807, 2.05) is 0 Å². The van der Waals surface area contributed by atoms with Crippen LogP contribution in [0.2, 0.25) is 0 Å². The highest BCUT2D eigenvalue weighted by Gasteiger charge is 2.58. The molecule has 1 aliphatic carbocycles. The lowest BCUT2D eigenvalue weighted by molar-refractivity contribution is 0.363. The molecule has 0 bridgehead atoms. The highest BCUT2D eigenvalue weighted by atomic mass is 16.5. The Balaban J connectivity index is 1.16. The van der Waals surface area contributed by atoms with Crippen LogP contribution in [0.15, 0.2) is 46.2 Å². The maximum absolute atomic E-state index is 12.7. The number of fused-ring (bicyclic) bond motifs is 2. The Morgan fingerprint density at radius 3 is 2.60 bits per heavy atom. The molecule has 30 heavy (non-hydrogen) atoms. The van der Waals surface area contributed by atoms with Gasteiger partial charge in [-0.1, -0.05) is 22.9 Å². The summed E-state index contributed by atoms with van der Waals surface area (Å²) in [6, 6.07) is 8.68. The second-order valence-electron chi connectivity index (χ2n) is 8.35. The first kappa shape index (κ1) is 17.4. The minimum Gasteiger partial charge on any atom is -0.371 e. The average Bonchev–Trinajstić information content (AvgIpc) is 3.16. The zero-order valence-corrected chi connectivity index (χ0v) is 16.8. The van der Waals surface area contributed by atoms with Crippen LogP contribution in [-0.2, 0) is 13.6 Å². The van der Waals surface area contributed by atoms with Gasteiger partial charge in [-0.05, 0) is 30.9 Å². The van der Waals surface area contributed by atoms with Gasteiger partial charge in [-0.3, -0.25) is 9.36 Å². The second-order valence-corrected chi connectivity index (χ2v) is 8.35. The van der Waals surface area contributed by atoms with Gasteiger partial charge < -0.3 is 14.0 Å². The molecule has 6 rings (SSSR count). The highest BCUT2D eigenvalue weighted by molar-refractivity contribution is 5.68. The van der Waals surface area contributed by atoms with Crippen molar-refractivity contribution in [3.05, 3.63) is 64.6 Å². The van der Waals surface area contributed by atoms with Gasteiger partial charge in [0.1, 0.15) is 12.9 Å². The third kappa shape index (κ3) is 2.65. The van der Waals surface area contributed by atoms with Crippen LogP contribution in [0.1, 0.15) is 23.2 Å². The van der Waals surface area contributed by atoms with Gasteiger partial charge in [0.25, 0.3) is 5.56 Å². The van der Waals surface area contributed by atoms with Gasteiger partial charge in [0.15, 0.2) is 17.0 Å². The highest BCUT2D eigenvalue weighted by Crippen LogP contribution is 2.57. The van der Waals surface area contributed by atoms with Crippen LogP contribution in [0.3, 0.4) is 0 Å². The summed E-state index contributed by atoms with van der Waals surface area (Å²) >= 11 is 0. The van der Waals surface area contributed by atoms with E-state index in [2.05, 4.69) is 56.2 Å². The van der Waals surface area contributed by atoms with Crippen LogP contribution in [-0.4, -0.2) is 42.3 Å². The molecule has 152 valence electrons. The van der Waals surface area contributed by atoms with Crippen molar-refractivity contribution in [3.63, 3.8) is 0 Å². The third-order valence-corrected chi connectivity index (χ3v) is 6.38. The first-order chi connectivity index (χ1) is 14.6. The van der Waals surface area contributed by atoms with Crippen molar-refractivity contribution in [2.75, 3.05) is 18.0 Å². The van der Waals surface area contributed by atoms with E-state index >= 15 is 0 Å². The first-order valence-electron chi connectivity index (χ1n) is 10.1. The standard InChI is InChI=1S/C21H21N7O2/c1-12-3-5-13(6-4-12)27-7-14-15(8-27)17(14)19-24-16(30-25-19)9-28-11-23-20-18(21(28)29)26(2)10-22-20/h3-6,10-11,14-15,17H,7-9H2,1-2H3/t14-,15+,17?. The molecule has 0 radical (unpaired) electrons. The zero-order chi connectivity index (χ0) is 20.4. The van der Waals surface area contributed by atoms with Crippen LogP contribution < -0.4 is 10.5 Å². The third-order valence-electron chi connectivity index (χ3n) is 6.38. The zero-order valence-electron chi connectivity index (χ0n) is 16.8. The Morgan fingerprint density at radius 2 is 1.83 bits per heavy atom. The molecule has 2 aliphatic rings. The molecule has 1 saturated carbocycles. The summed E-state index contributed by atoms with van der Waals surface area (Å²) in [6.07, 6.45) is 3.06.